The van der Waals surface area contributed by atoms with E-state index >= 15 is 0 Å². The van der Waals surface area contributed by atoms with Gasteiger partial charge in [0.05, 0.1) is 19.1 Å². The number of carbonyl (C=O) groups excluding carboxylic acids is 3. The highest BCUT2D eigenvalue weighted by Gasteiger charge is 2.33. The van der Waals surface area contributed by atoms with Crippen LogP contribution in [0.4, 0.5) is 0 Å². The zero-order chi connectivity index (χ0) is 22.4. The predicted molar refractivity (Wildman–Crippen MR) is 115 cm³/mol. The number of carbonyl (C=O) groups is 3. The summed E-state index contributed by atoms with van der Waals surface area (Å²) in [5.41, 5.74) is 1.51. The lowest BCUT2D eigenvalue weighted by molar-refractivity contribution is -0.141. The number of nitrogens with one attached hydrogen (secondary N) is 2. The molecule has 1 aromatic heterocycles. The van der Waals surface area contributed by atoms with E-state index in [0.717, 1.165) is 23.7 Å². The molecule has 164 valence electrons. The first-order chi connectivity index (χ1) is 14.9. The van der Waals surface area contributed by atoms with Crippen LogP contribution in [0.25, 0.3) is 10.9 Å². The van der Waals surface area contributed by atoms with Crippen LogP contribution in [-0.4, -0.2) is 41.5 Å². The normalized spacial score (nSPS) is 19.3. The average molecular weight is 425 g/mol. The van der Waals surface area contributed by atoms with Crippen LogP contribution < -0.4 is 10.6 Å². The lowest BCUT2D eigenvalue weighted by atomic mass is 9.83. The molecule has 1 saturated carbocycles. The Hall–Kier alpha value is -3.34. The van der Waals surface area contributed by atoms with Crippen molar-refractivity contribution in [3.63, 3.8) is 0 Å². The van der Waals surface area contributed by atoms with Crippen molar-refractivity contribution in [3.05, 3.63) is 36.0 Å². The van der Waals surface area contributed by atoms with Gasteiger partial charge in [0, 0.05) is 30.4 Å². The summed E-state index contributed by atoms with van der Waals surface area (Å²) in [4.78, 5) is 37.2. The minimum Gasteiger partial charge on any atom is -0.469 e. The van der Waals surface area contributed by atoms with E-state index in [1.54, 1.807) is 0 Å². The Morgan fingerprint density at radius 1 is 1.26 bits per heavy atom. The van der Waals surface area contributed by atoms with E-state index in [0.29, 0.717) is 18.5 Å². The van der Waals surface area contributed by atoms with Crippen molar-refractivity contribution in [1.29, 1.82) is 5.26 Å². The van der Waals surface area contributed by atoms with Crippen LogP contribution in [0.1, 0.15) is 49.0 Å². The Morgan fingerprint density at radius 2 is 2.00 bits per heavy atom. The lowest BCUT2D eigenvalue weighted by Crippen LogP contribution is -2.50. The summed E-state index contributed by atoms with van der Waals surface area (Å²) >= 11 is 0. The molecule has 8 heteroatoms. The number of fused-ring (bicyclic) bond motifs is 1. The Bertz CT molecular complexity index is 1010. The van der Waals surface area contributed by atoms with Gasteiger partial charge in [-0.25, -0.2) is 0 Å². The van der Waals surface area contributed by atoms with Crippen LogP contribution in [0.5, 0.6) is 0 Å². The molecule has 1 aromatic carbocycles. The van der Waals surface area contributed by atoms with Crippen LogP contribution in [0.3, 0.4) is 0 Å². The van der Waals surface area contributed by atoms with Gasteiger partial charge in [-0.1, -0.05) is 31.0 Å². The van der Waals surface area contributed by atoms with Gasteiger partial charge >= 0.3 is 5.97 Å². The smallest absolute Gasteiger partial charge is 0.305 e. The number of esters is 1. The van der Waals surface area contributed by atoms with E-state index in [9.17, 15) is 19.6 Å². The largest absolute Gasteiger partial charge is 0.469 e. The maximum atomic E-state index is 13.0. The Balaban J connectivity index is 1.67. The summed E-state index contributed by atoms with van der Waals surface area (Å²) in [6, 6.07) is 10.6. The summed E-state index contributed by atoms with van der Waals surface area (Å²) in [5.74, 6) is -1.32. The number of amides is 2. The third-order valence-electron chi connectivity index (χ3n) is 5.94. The molecule has 0 radical (unpaired) electrons. The summed E-state index contributed by atoms with van der Waals surface area (Å²) in [6.07, 6.45) is 3.40. The highest BCUT2D eigenvalue weighted by molar-refractivity contribution is 5.99. The molecule has 1 aliphatic carbocycles. The van der Waals surface area contributed by atoms with Gasteiger partial charge in [0.2, 0.25) is 5.91 Å². The van der Waals surface area contributed by atoms with Crippen LogP contribution in [0.2, 0.25) is 0 Å². The van der Waals surface area contributed by atoms with Crippen LogP contribution in [0.15, 0.2) is 30.3 Å². The van der Waals surface area contributed by atoms with E-state index in [4.69, 9.17) is 0 Å². The topological polar surface area (TPSA) is 113 Å². The molecule has 0 saturated heterocycles. The van der Waals surface area contributed by atoms with Gasteiger partial charge < -0.3 is 19.9 Å². The number of nitrogens with zero attached hydrogens (tertiary/aromatic N) is 2. The zero-order valence-electron chi connectivity index (χ0n) is 17.9. The molecular weight excluding hydrogens is 396 g/mol. The molecule has 2 N–H and O–H groups in total. The van der Waals surface area contributed by atoms with Crippen molar-refractivity contribution in [1.82, 2.24) is 15.2 Å². The number of nitriles is 1. The standard InChI is InChI=1S/C23H28N4O4/c1-27-19-10-6-3-7-15(19)13-20(27)23(30)26-18-9-5-4-8-17(18)22(29)25-16(14-24)11-12-21(28)31-2/h3,6-7,10,13,16-18H,4-5,8-9,11-12H2,1-2H3,(H,25,29)(H,26,30)/t16?,17-,18+/m1/s1. The molecular formula is C23H28N4O4. The van der Waals surface area contributed by atoms with Crippen molar-refractivity contribution < 1.29 is 19.1 Å². The second-order valence-corrected chi connectivity index (χ2v) is 7.92. The van der Waals surface area contributed by atoms with Crippen LogP contribution >= 0.6 is 0 Å². The van der Waals surface area contributed by atoms with Crippen LogP contribution in [-0.2, 0) is 21.4 Å². The number of rotatable bonds is 7. The SMILES string of the molecule is COC(=O)CCC(C#N)NC(=O)[C@@H]1CCCC[C@@H]1NC(=O)c1cc2ccccc2n1C. The summed E-state index contributed by atoms with van der Waals surface area (Å²) in [7, 11) is 3.13. The van der Waals surface area contributed by atoms with Gasteiger partial charge in [-0.3, -0.25) is 14.4 Å². The van der Waals surface area contributed by atoms with Crippen molar-refractivity contribution in [3.8, 4) is 6.07 Å². The maximum absolute atomic E-state index is 13.0. The zero-order valence-corrected chi connectivity index (χ0v) is 17.9. The highest BCUT2D eigenvalue weighted by atomic mass is 16.5. The number of hydrogen-bond acceptors (Lipinski definition) is 5. The Labute approximate surface area is 181 Å². The summed E-state index contributed by atoms with van der Waals surface area (Å²) < 4.78 is 6.44. The van der Waals surface area contributed by atoms with E-state index in [-0.39, 0.29) is 30.7 Å². The number of aryl methyl sites for hydroxylation is 1. The number of methoxy groups -OCH3 is 1. The van der Waals surface area contributed by atoms with Crippen molar-refractivity contribution in [2.45, 2.75) is 50.6 Å². The first-order valence-corrected chi connectivity index (χ1v) is 10.6. The number of benzene rings is 1. The van der Waals surface area contributed by atoms with Gasteiger partial charge in [0.1, 0.15) is 11.7 Å². The number of aromatic nitrogens is 1. The quantitative estimate of drug-likeness (QED) is 0.663. The molecule has 2 aromatic rings. The minimum absolute atomic E-state index is 0.0564. The predicted octanol–water partition coefficient (Wildman–Crippen LogP) is 2.43. The maximum Gasteiger partial charge on any atom is 0.305 e. The molecule has 3 rings (SSSR count). The fourth-order valence-electron chi connectivity index (χ4n) is 4.18. The van der Waals surface area contributed by atoms with Gasteiger partial charge in [-0.05, 0) is 31.4 Å². The molecule has 0 bridgehead atoms. The Kier molecular flexibility index (Phi) is 7.29. The number of para-hydroxylation sites is 1. The first-order valence-electron chi connectivity index (χ1n) is 10.6. The third kappa shape index (κ3) is 5.23. The van der Waals surface area contributed by atoms with Crippen molar-refractivity contribution >= 4 is 28.7 Å². The molecule has 8 nitrogen and oxygen atoms in total. The van der Waals surface area contributed by atoms with Crippen molar-refractivity contribution in [2.75, 3.05) is 7.11 Å². The fourth-order valence-corrected chi connectivity index (χ4v) is 4.18. The molecule has 2 amide bonds. The molecule has 1 fully saturated rings. The number of hydrogen-bond donors (Lipinski definition) is 2. The molecule has 1 heterocycles. The van der Waals surface area contributed by atoms with E-state index in [1.807, 2.05) is 48.0 Å². The van der Waals surface area contributed by atoms with E-state index in [1.165, 1.54) is 7.11 Å². The molecule has 0 aliphatic heterocycles. The fraction of sp³-hybridized carbons (Fsp3) is 0.478. The first kappa shape index (κ1) is 22.3. The number of ether oxygens (including phenoxy) is 1. The summed E-state index contributed by atoms with van der Waals surface area (Å²) in [6.45, 7) is 0. The monoisotopic (exact) mass is 424 g/mol. The van der Waals surface area contributed by atoms with E-state index < -0.39 is 17.9 Å². The summed E-state index contributed by atoms with van der Waals surface area (Å²) in [5, 5.41) is 16.1. The molecule has 31 heavy (non-hydrogen) atoms. The van der Waals surface area contributed by atoms with E-state index in [2.05, 4.69) is 15.4 Å². The molecule has 1 unspecified atom stereocenters. The average Bonchev–Trinajstić information content (AvgIpc) is 3.13. The van der Waals surface area contributed by atoms with Crippen molar-refractivity contribution in [2.24, 2.45) is 13.0 Å². The molecule has 1 aliphatic rings. The molecule has 0 spiro atoms. The second kappa shape index (κ2) is 10.1. The molecule has 3 atom stereocenters. The van der Waals surface area contributed by atoms with Gasteiger partial charge in [-0.2, -0.15) is 5.26 Å². The Morgan fingerprint density at radius 3 is 2.71 bits per heavy atom. The third-order valence-corrected chi connectivity index (χ3v) is 5.94. The second-order valence-electron chi connectivity index (χ2n) is 7.92. The minimum atomic E-state index is -0.775. The van der Waals surface area contributed by atoms with Gasteiger partial charge in [0.25, 0.3) is 5.91 Å². The highest BCUT2D eigenvalue weighted by Crippen LogP contribution is 2.26. The van der Waals surface area contributed by atoms with Gasteiger partial charge in [0.15, 0.2) is 0 Å². The van der Waals surface area contributed by atoms with Gasteiger partial charge in [-0.15, -0.1) is 0 Å². The lowest BCUT2D eigenvalue weighted by Gasteiger charge is -2.31. The van der Waals surface area contributed by atoms with Crippen LogP contribution in [0, 0.1) is 17.2 Å².